The Balaban J connectivity index is 1.85. The van der Waals surface area contributed by atoms with Gasteiger partial charge in [0.05, 0.1) is 0 Å². The van der Waals surface area contributed by atoms with Crippen molar-refractivity contribution in [2.75, 3.05) is 40.3 Å². The highest BCUT2D eigenvalue weighted by Crippen LogP contribution is 2.33. The van der Waals surface area contributed by atoms with Crippen molar-refractivity contribution >= 4 is 0 Å². The van der Waals surface area contributed by atoms with Crippen LogP contribution >= 0.6 is 0 Å². The third-order valence-corrected chi connectivity index (χ3v) is 5.26. The molecule has 1 aliphatic carbocycles. The third kappa shape index (κ3) is 4.17. The lowest BCUT2D eigenvalue weighted by atomic mass is 9.77. The molecule has 112 valence electrons. The Hall–Kier alpha value is -0.120. The van der Waals surface area contributed by atoms with Gasteiger partial charge in [-0.25, -0.2) is 0 Å². The number of nitrogens with two attached hydrogens (primary N) is 1. The quantitative estimate of drug-likeness (QED) is 0.846. The predicted molar refractivity (Wildman–Crippen MR) is 82.2 cm³/mol. The molecule has 1 aliphatic heterocycles. The Bertz CT molecular complexity index is 259. The lowest BCUT2D eigenvalue weighted by Crippen LogP contribution is -2.50. The average molecular weight is 267 g/mol. The van der Waals surface area contributed by atoms with E-state index in [-0.39, 0.29) is 0 Å². The van der Waals surface area contributed by atoms with Gasteiger partial charge in [-0.2, -0.15) is 0 Å². The first-order chi connectivity index (χ1) is 9.10. The summed E-state index contributed by atoms with van der Waals surface area (Å²) in [6.45, 7) is 7.15. The average Bonchev–Trinajstić information content (AvgIpc) is 2.39. The van der Waals surface area contributed by atoms with Gasteiger partial charge in [0.1, 0.15) is 0 Å². The van der Waals surface area contributed by atoms with Gasteiger partial charge >= 0.3 is 0 Å². The Morgan fingerprint density at radius 3 is 2.37 bits per heavy atom. The maximum atomic E-state index is 6.01. The van der Waals surface area contributed by atoms with Crippen LogP contribution in [-0.4, -0.2) is 56.1 Å². The summed E-state index contributed by atoms with van der Waals surface area (Å²) in [7, 11) is 4.39. The fourth-order valence-electron chi connectivity index (χ4n) is 4.12. The van der Waals surface area contributed by atoms with E-state index in [9.17, 15) is 0 Å². The third-order valence-electron chi connectivity index (χ3n) is 5.26. The molecule has 0 amide bonds. The minimum Gasteiger partial charge on any atom is -0.330 e. The summed E-state index contributed by atoms with van der Waals surface area (Å²) >= 11 is 0. The first-order valence-electron chi connectivity index (χ1n) is 8.19. The fourth-order valence-corrected chi connectivity index (χ4v) is 4.12. The van der Waals surface area contributed by atoms with Gasteiger partial charge in [-0.1, -0.05) is 13.3 Å². The Morgan fingerprint density at radius 2 is 1.79 bits per heavy atom. The fraction of sp³-hybridized carbons (Fsp3) is 1.00. The Labute approximate surface area is 119 Å². The van der Waals surface area contributed by atoms with Gasteiger partial charge in [0.15, 0.2) is 0 Å². The van der Waals surface area contributed by atoms with Crippen molar-refractivity contribution < 1.29 is 0 Å². The topological polar surface area (TPSA) is 32.5 Å². The summed E-state index contributed by atoms with van der Waals surface area (Å²) in [6, 6.07) is 0.772. The van der Waals surface area contributed by atoms with E-state index in [1.54, 1.807) is 0 Å². The highest BCUT2D eigenvalue weighted by Gasteiger charge is 2.33. The predicted octanol–water partition coefficient (Wildman–Crippen LogP) is 2.02. The van der Waals surface area contributed by atoms with Crippen LogP contribution in [-0.2, 0) is 0 Å². The molecule has 19 heavy (non-hydrogen) atoms. The molecule has 0 bridgehead atoms. The van der Waals surface area contributed by atoms with Crippen LogP contribution in [0.1, 0.15) is 39.0 Å². The van der Waals surface area contributed by atoms with E-state index in [2.05, 4.69) is 30.8 Å². The van der Waals surface area contributed by atoms with Gasteiger partial charge in [0.2, 0.25) is 0 Å². The van der Waals surface area contributed by atoms with Crippen LogP contribution in [0.3, 0.4) is 0 Å². The summed E-state index contributed by atoms with van der Waals surface area (Å²) in [5.74, 6) is 2.55. The van der Waals surface area contributed by atoms with Crippen molar-refractivity contribution in [3.63, 3.8) is 0 Å². The van der Waals surface area contributed by atoms with Crippen LogP contribution in [0, 0.1) is 17.8 Å². The molecule has 2 rings (SSSR count). The molecule has 2 aliphatic rings. The molecular weight excluding hydrogens is 234 g/mol. The number of piperidine rings is 1. The van der Waals surface area contributed by atoms with Gasteiger partial charge in [-0.3, -0.25) is 0 Å². The standard InChI is InChI=1S/C16H33N3/c1-13-4-5-15(11-17)16(10-13)19-8-6-14(7-9-19)12-18(2)3/h13-16H,4-12,17H2,1-3H3. The van der Waals surface area contributed by atoms with Crippen LogP contribution in [0.4, 0.5) is 0 Å². The molecular formula is C16H33N3. The first-order valence-corrected chi connectivity index (χ1v) is 8.19. The highest BCUT2D eigenvalue weighted by molar-refractivity contribution is 4.88. The molecule has 1 saturated heterocycles. The van der Waals surface area contributed by atoms with Crippen molar-refractivity contribution in [1.82, 2.24) is 9.80 Å². The van der Waals surface area contributed by atoms with Gasteiger partial charge in [0.25, 0.3) is 0 Å². The van der Waals surface area contributed by atoms with Gasteiger partial charge in [-0.15, -0.1) is 0 Å². The van der Waals surface area contributed by atoms with E-state index in [1.165, 1.54) is 51.7 Å². The number of likely N-dealkylation sites (tertiary alicyclic amines) is 1. The van der Waals surface area contributed by atoms with E-state index in [1.807, 2.05) is 0 Å². The minimum atomic E-state index is 0.751. The SMILES string of the molecule is CC1CCC(CN)C(N2CCC(CN(C)C)CC2)C1. The van der Waals surface area contributed by atoms with E-state index < -0.39 is 0 Å². The Morgan fingerprint density at radius 1 is 1.11 bits per heavy atom. The normalized spacial score (nSPS) is 34.9. The van der Waals surface area contributed by atoms with Crippen molar-refractivity contribution in [3.8, 4) is 0 Å². The Kier molecular flexibility index (Phi) is 5.67. The van der Waals surface area contributed by atoms with Crippen LogP contribution in [0.2, 0.25) is 0 Å². The molecule has 0 aromatic rings. The maximum absolute atomic E-state index is 6.01. The van der Waals surface area contributed by atoms with Gasteiger partial charge in [0, 0.05) is 12.6 Å². The van der Waals surface area contributed by atoms with Crippen LogP contribution in [0.5, 0.6) is 0 Å². The van der Waals surface area contributed by atoms with E-state index in [0.29, 0.717) is 0 Å². The summed E-state index contributed by atoms with van der Waals surface area (Å²) < 4.78 is 0. The minimum absolute atomic E-state index is 0.751. The number of hydrogen-bond donors (Lipinski definition) is 1. The van der Waals surface area contributed by atoms with E-state index in [4.69, 9.17) is 5.73 Å². The van der Waals surface area contributed by atoms with Gasteiger partial charge < -0.3 is 15.5 Å². The first kappa shape index (κ1) is 15.3. The zero-order valence-corrected chi connectivity index (χ0v) is 13.1. The second-order valence-corrected chi connectivity index (χ2v) is 7.22. The summed E-state index contributed by atoms with van der Waals surface area (Å²) in [5.41, 5.74) is 6.01. The largest absolute Gasteiger partial charge is 0.330 e. The number of hydrogen-bond acceptors (Lipinski definition) is 3. The molecule has 0 spiro atoms. The molecule has 0 radical (unpaired) electrons. The number of rotatable bonds is 4. The maximum Gasteiger partial charge on any atom is 0.0138 e. The second-order valence-electron chi connectivity index (χ2n) is 7.22. The molecule has 3 unspecified atom stereocenters. The summed E-state index contributed by atoms with van der Waals surface area (Å²) in [5, 5.41) is 0. The summed E-state index contributed by atoms with van der Waals surface area (Å²) in [4.78, 5) is 5.10. The lowest BCUT2D eigenvalue weighted by Gasteiger charge is -2.45. The molecule has 1 heterocycles. The molecule has 2 N–H and O–H groups in total. The molecule has 0 aromatic heterocycles. The highest BCUT2D eigenvalue weighted by atomic mass is 15.2. The van der Waals surface area contributed by atoms with Crippen LogP contribution in [0.25, 0.3) is 0 Å². The monoisotopic (exact) mass is 267 g/mol. The molecule has 2 fully saturated rings. The zero-order chi connectivity index (χ0) is 13.8. The molecule has 3 atom stereocenters. The molecule has 3 nitrogen and oxygen atoms in total. The number of nitrogens with zero attached hydrogens (tertiary/aromatic N) is 2. The van der Waals surface area contributed by atoms with Crippen LogP contribution in [0.15, 0.2) is 0 Å². The van der Waals surface area contributed by atoms with Crippen molar-refractivity contribution in [2.24, 2.45) is 23.5 Å². The summed E-state index contributed by atoms with van der Waals surface area (Å²) in [6.07, 6.45) is 6.86. The van der Waals surface area contributed by atoms with E-state index in [0.717, 1.165) is 30.3 Å². The van der Waals surface area contributed by atoms with E-state index >= 15 is 0 Å². The molecule has 3 heteroatoms. The second kappa shape index (κ2) is 7.05. The molecule has 0 aromatic carbocycles. The van der Waals surface area contributed by atoms with Crippen molar-refractivity contribution in [2.45, 2.75) is 45.1 Å². The smallest absolute Gasteiger partial charge is 0.0138 e. The zero-order valence-electron chi connectivity index (χ0n) is 13.1. The van der Waals surface area contributed by atoms with Crippen molar-refractivity contribution in [3.05, 3.63) is 0 Å². The lowest BCUT2D eigenvalue weighted by molar-refractivity contribution is 0.0516. The van der Waals surface area contributed by atoms with Crippen molar-refractivity contribution in [1.29, 1.82) is 0 Å². The van der Waals surface area contributed by atoms with Gasteiger partial charge in [-0.05, 0) is 77.2 Å². The molecule has 1 saturated carbocycles. The van der Waals surface area contributed by atoms with Crippen LogP contribution < -0.4 is 5.73 Å².